The molecule has 0 saturated carbocycles. The van der Waals surface area contributed by atoms with Crippen molar-refractivity contribution in [1.82, 2.24) is 20.6 Å². The van der Waals surface area contributed by atoms with Gasteiger partial charge in [0.05, 0.1) is 11.4 Å². The first kappa shape index (κ1) is 29.8. The van der Waals surface area contributed by atoms with Gasteiger partial charge in [-0.3, -0.25) is 9.59 Å². The summed E-state index contributed by atoms with van der Waals surface area (Å²) >= 11 is 17.8. The predicted octanol–water partition coefficient (Wildman–Crippen LogP) is 6.73. The van der Waals surface area contributed by atoms with E-state index in [0.717, 1.165) is 5.56 Å². The summed E-state index contributed by atoms with van der Waals surface area (Å²) in [5, 5.41) is 6.53. The van der Waals surface area contributed by atoms with Crippen LogP contribution in [0.1, 0.15) is 39.8 Å². The van der Waals surface area contributed by atoms with E-state index in [0.29, 0.717) is 49.3 Å². The second-order valence-electron chi connectivity index (χ2n) is 11.1. The Bertz CT molecular complexity index is 2080. The van der Waals surface area contributed by atoms with E-state index in [2.05, 4.69) is 20.6 Å². The molecule has 2 amide bonds. The number of carbonyl (C=O) groups is 2. The zero-order valence-corrected chi connectivity index (χ0v) is 26.3. The second-order valence-corrected chi connectivity index (χ2v) is 12.4. The van der Waals surface area contributed by atoms with Gasteiger partial charge in [-0.25, -0.2) is 4.79 Å². The molecule has 1 saturated heterocycles. The molecule has 2 unspecified atom stereocenters. The fourth-order valence-corrected chi connectivity index (χ4v) is 7.17. The van der Waals surface area contributed by atoms with E-state index in [1.54, 1.807) is 36.4 Å². The Kier molecular flexibility index (Phi) is 7.64. The van der Waals surface area contributed by atoms with Gasteiger partial charge in [-0.1, -0.05) is 108 Å². The molecule has 7 nitrogen and oxygen atoms in total. The zero-order chi connectivity index (χ0) is 32.0. The zero-order valence-electron chi connectivity index (χ0n) is 24.0. The molecule has 7 rings (SSSR count). The topological polar surface area (TPSA) is 104 Å². The summed E-state index contributed by atoms with van der Waals surface area (Å²) in [6, 6.07) is 32.8. The summed E-state index contributed by atoms with van der Waals surface area (Å²) in [7, 11) is 0. The van der Waals surface area contributed by atoms with E-state index in [1.165, 1.54) is 0 Å². The van der Waals surface area contributed by atoms with Crippen LogP contribution in [-0.4, -0.2) is 26.9 Å². The fourth-order valence-electron chi connectivity index (χ4n) is 6.73. The van der Waals surface area contributed by atoms with Crippen molar-refractivity contribution < 1.29 is 9.59 Å². The Morgan fingerprint density at radius 2 is 1.22 bits per heavy atom. The number of hydrogen-bond acceptors (Lipinski definition) is 5. The highest BCUT2D eigenvalue weighted by Gasteiger charge is 2.65. The molecule has 1 aliphatic heterocycles. The van der Waals surface area contributed by atoms with Gasteiger partial charge in [0.25, 0.3) is 0 Å². The lowest BCUT2D eigenvalue weighted by molar-refractivity contribution is -0.145. The minimum atomic E-state index is -1.82. The van der Waals surface area contributed by atoms with Gasteiger partial charge in [0.1, 0.15) is 0 Å². The van der Waals surface area contributed by atoms with Crippen molar-refractivity contribution in [3.8, 4) is 11.3 Å². The standard InChI is InChI=1S/C36H24Cl2N4O3S/c37-24-15-11-20(12-16-24)19-26-28(21-7-3-1-4-8-21)36(32(43)41-35(46)42-33(36)44)29(22-9-5-2-6-10-22)27-30(39-34(45)40-31(26)27)23-13-17-25(38)18-14-23/h1-19,28-29H,(H,39,40,45)(H2,41,42,43,44,46)/b26-19-. The molecule has 5 aromatic rings. The Labute approximate surface area is 279 Å². The van der Waals surface area contributed by atoms with Crippen molar-refractivity contribution in [2.24, 2.45) is 5.41 Å². The monoisotopic (exact) mass is 662 g/mol. The summed E-state index contributed by atoms with van der Waals surface area (Å²) in [5.41, 5.74) is 2.13. The number of aromatic nitrogens is 2. The van der Waals surface area contributed by atoms with Crippen LogP contribution in [0.5, 0.6) is 0 Å². The average molecular weight is 664 g/mol. The van der Waals surface area contributed by atoms with Gasteiger partial charge in [-0.05, 0) is 70.4 Å². The molecule has 3 N–H and O–H groups in total. The number of thiocarbonyl (C=S) groups is 1. The highest BCUT2D eigenvalue weighted by atomic mass is 35.5. The molecule has 2 heterocycles. The molecule has 1 spiro atoms. The summed E-state index contributed by atoms with van der Waals surface area (Å²) < 4.78 is 0. The summed E-state index contributed by atoms with van der Waals surface area (Å²) in [4.78, 5) is 50.5. The molecule has 0 bridgehead atoms. The highest BCUT2D eigenvalue weighted by molar-refractivity contribution is 7.80. The van der Waals surface area contributed by atoms with Crippen LogP contribution in [-0.2, 0) is 9.59 Å². The largest absolute Gasteiger partial charge is 0.345 e. The van der Waals surface area contributed by atoms with Crippen molar-refractivity contribution >= 4 is 64.0 Å². The van der Waals surface area contributed by atoms with Crippen LogP contribution in [0.2, 0.25) is 10.0 Å². The number of fused-ring (bicyclic) bond motifs is 1. The van der Waals surface area contributed by atoms with Crippen LogP contribution < -0.4 is 16.3 Å². The number of nitrogens with zero attached hydrogens (tertiary/aromatic N) is 1. The summed E-state index contributed by atoms with van der Waals surface area (Å²) in [6.07, 6.45) is 1.86. The first-order valence-electron chi connectivity index (χ1n) is 14.4. The highest BCUT2D eigenvalue weighted by Crippen LogP contribution is 2.62. The first-order chi connectivity index (χ1) is 22.3. The SMILES string of the molecule is O=C1NC(=S)NC(=O)C12C(c1ccccc1)/C(=C/c1ccc(Cl)cc1)c1nc(=O)[nH]c(-c3ccc(Cl)cc3)c1C2c1ccccc1. The number of H-pyrrole nitrogens is 1. The number of rotatable bonds is 4. The lowest BCUT2D eigenvalue weighted by Crippen LogP contribution is -2.67. The minimum absolute atomic E-state index is 0.0780. The quantitative estimate of drug-likeness (QED) is 0.146. The molecule has 46 heavy (non-hydrogen) atoms. The molecule has 226 valence electrons. The first-order valence-corrected chi connectivity index (χ1v) is 15.6. The minimum Gasteiger partial charge on any atom is -0.305 e. The molecule has 1 fully saturated rings. The number of nitrogens with one attached hydrogen (secondary N) is 3. The number of benzene rings is 4. The number of allylic oxidation sites excluding steroid dienone is 1. The van der Waals surface area contributed by atoms with Crippen LogP contribution in [0.3, 0.4) is 0 Å². The van der Waals surface area contributed by atoms with Crippen molar-refractivity contribution in [2.75, 3.05) is 0 Å². The Morgan fingerprint density at radius 3 is 1.78 bits per heavy atom. The third kappa shape index (κ3) is 4.95. The van der Waals surface area contributed by atoms with Crippen molar-refractivity contribution in [1.29, 1.82) is 0 Å². The van der Waals surface area contributed by atoms with Gasteiger partial charge >= 0.3 is 5.69 Å². The van der Waals surface area contributed by atoms with Gasteiger partial charge < -0.3 is 15.6 Å². The van der Waals surface area contributed by atoms with E-state index < -0.39 is 34.8 Å². The Morgan fingerprint density at radius 1 is 0.696 bits per heavy atom. The molecular formula is C36H24Cl2N4O3S. The number of carbonyl (C=O) groups excluding carboxylic acids is 2. The van der Waals surface area contributed by atoms with Gasteiger partial charge in [-0.15, -0.1) is 0 Å². The van der Waals surface area contributed by atoms with Crippen LogP contribution in [0.25, 0.3) is 22.9 Å². The van der Waals surface area contributed by atoms with E-state index >= 15 is 0 Å². The number of amides is 2. The van der Waals surface area contributed by atoms with Crippen molar-refractivity contribution in [3.63, 3.8) is 0 Å². The Hall–Kier alpha value is -4.89. The van der Waals surface area contributed by atoms with Gasteiger partial charge in [0, 0.05) is 27.4 Å². The van der Waals surface area contributed by atoms with Gasteiger partial charge in [-0.2, -0.15) is 4.98 Å². The van der Waals surface area contributed by atoms with Crippen molar-refractivity contribution in [3.05, 3.63) is 158 Å². The maximum absolute atomic E-state index is 14.8. The number of aromatic amines is 1. The molecule has 4 aromatic carbocycles. The molecule has 0 radical (unpaired) electrons. The summed E-state index contributed by atoms with van der Waals surface area (Å²) in [6.45, 7) is 0. The summed E-state index contributed by atoms with van der Waals surface area (Å²) in [5.74, 6) is -2.96. The van der Waals surface area contributed by atoms with Crippen LogP contribution in [0.15, 0.2) is 114 Å². The molecule has 10 heteroatoms. The number of hydrogen-bond donors (Lipinski definition) is 3. The smallest absolute Gasteiger partial charge is 0.305 e. The maximum atomic E-state index is 14.8. The molecule has 1 aromatic heterocycles. The fraction of sp³-hybridized carbons (Fsp3) is 0.0833. The van der Waals surface area contributed by atoms with E-state index in [1.807, 2.05) is 78.9 Å². The average Bonchev–Trinajstić information content (AvgIpc) is 3.05. The van der Waals surface area contributed by atoms with Gasteiger partial charge in [0.15, 0.2) is 10.5 Å². The normalized spacial score (nSPS) is 19.4. The van der Waals surface area contributed by atoms with Crippen LogP contribution >= 0.6 is 35.4 Å². The molecule has 2 aliphatic rings. The van der Waals surface area contributed by atoms with E-state index in [9.17, 15) is 14.4 Å². The predicted molar refractivity (Wildman–Crippen MR) is 183 cm³/mol. The number of halogens is 2. The van der Waals surface area contributed by atoms with Gasteiger partial charge in [0.2, 0.25) is 11.8 Å². The molecular weight excluding hydrogens is 639 g/mol. The molecule has 2 atom stereocenters. The third-order valence-electron chi connectivity index (χ3n) is 8.55. The van der Waals surface area contributed by atoms with Crippen LogP contribution in [0.4, 0.5) is 0 Å². The van der Waals surface area contributed by atoms with E-state index in [-0.39, 0.29) is 5.11 Å². The lowest BCUT2D eigenvalue weighted by Gasteiger charge is -2.50. The molecule has 1 aliphatic carbocycles. The van der Waals surface area contributed by atoms with Crippen molar-refractivity contribution in [2.45, 2.75) is 11.8 Å². The Balaban J connectivity index is 1.69. The lowest BCUT2D eigenvalue weighted by atomic mass is 9.52. The third-order valence-corrected chi connectivity index (χ3v) is 9.26. The van der Waals surface area contributed by atoms with E-state index in [4.69, 9.17) is 35.4 Å². The van der Waals surface area contributed by atoms with Crippen LogP contribution in [0, 0.1) is 5.41 Å². The second kappa shape index (κ2) is 11.8. The maximum Gasteiger partial charge on any atom is 0.345 e.